The normalized spacial score (nSPS) is 26.9. The van der Waals surface area contributed by atoms with E-state index in [2.05, 4.69) is 32.5 Å². The van der Waals surface area contributed by atoms with Gasteiger partial charge in [-0.2, -0.15) is 15.0 Å². The molecular weight excluding hydrogens is 270 g/mol. The van der Waals surface area contributed by atoms with Gasteiger partial charge in [0.1, 0.15) is 0 Å². The van der Waals surface area contributed by atoms with E-state index in [0.717, 1.165) is 25.8 Å². The number of nitrogens with one attached hydrogen (secondary N) is 2. The van der Waals surface area contributed by atoms with Gasteiger partial charge < -0.3 is 20.1 Å². The summed E-state index contributed by atoms with van der Waals surface area (Å²) in [7, 11) is 0. The number of rotatable bonds is 7. The zero-order chi connectivity index (χ0) is 14.7. The molecule has 3 atom stereocenters. The van der Waals surface area contributed by atoms with Crippen LogP contribution in [0, 0.1) is 0 Å². The molecular formula is C14H23N5O2. The molecule has 2 N–H and O–H groups in total. The summed E-state index contributed by atoms with van der Waals surface area (Å²) in [6, 6.07) is 0.650. The smallest absolute Gasteiger partial charge is 0.323 e. The maximum atomic E-state index is 5.85. The molecule has 2 bridgehead atoms. The highest BCUT2D eigenvalue weighted by Gasteiger charge is 2.41. The van der Waals surface area contributed by atoms with E-state index in [4.69, 9.17) is 9.47 Å². The van der Waals surface area contributed by atoms with Gasteiger partial charge in [0.2, 0.25) is 11.9 Å². The van der Waals surface area contributed by atoms with E-state index in [9.17, 15) is 0 Å². The molecule has 116 valence electrons. The molecule has 0 amide bonds. The number of hydrogen-bond acceptors (Lipinski definition) is 7. The van der Waals surface area contributed by atoms with Gasteiger partial charge in [-0.15, -0.1) is 0 Å². The Morgan fingerprint density at radius 1 is 1.19 bits per heavy atom. The minimum Gasteiger partial charge on any atom is -0.464 e. The second-order valence-electron chi connectivity index (χ2n) is 5.49. The van der Waals surface area contributed by atoms with Crippen LogP contribution in [0.3, 0.4) is 0 Å². The van der Waals surface area contributed by atoms with Gasteiger partial charge in [-0.05, 0) is 32.6 Å². The zero-order valence-electron chi connectivity index (χ0n) is 12.6. The van der Waals surface area contributed by atoms with Gasteiger partial charge in [0.05, 0.1) is 24.9 Å². The highest BCUT2D eigenvalue weighted by molar-refractivity contribution is 5.37. The zero-order valence-corrected chi connectivity index (χ0v) is 12.6. The molecule has 21 heavy (non-hydrogen) atoms. The van der Waals surface area contributed by atoms with Crippen LogP contribution >= 0.6 is 0 Å². The van der Waals surface area contributed by atoms with E-state index in [0.29, 0.717) is 36.7 Å². The predicted molar refractivity (Wildman–Crippen MR) is 79.7 cm³/mol. The number of ether oxygens (including phenoxy) is 2. The van der Waals surface area contributed by atoms with Crippen LogP contribution in [0.4, 0.5) is 11.9 Å². The van der Waals surface area contributed by atoms with Crippen LogP contribution in [0.1, 0.15) is 39.5 Å². The monoisotopic (exact) mass is 293 g/mol. The van der Waals surface area contributed by atoms with Crippen molar-refractivity contribution in [3.63, 3.8) is 0 Å². The lowest BCUT2D eigenvalue weighted by Crippen LogP contribution is -2.31. The third-order valence-corrected chi connectivity index (χ3v) is 3.84. The standard InChI is InChI=1S/C14H23N5O2/c1-3-7-15-12-17-13(19-14(18-12)20-4-2)16-10-8-9-5-6-11(10)21-9/h9-11H,3-8H2,1-2H3,(H2,15,16,17,18,19). The number of fused-ring (bicyclic) bond motifs is 2. The Bertz CT molecular complexity index is 484. The molecule has 7 nitrogen and oxygen atoms in total. The van der Waals surface area contributed by atoms with Crippen LogP contribution in [0.25, 0.3) is 0 Å². The topological polar surface area (TPSA) is 81.2 Å². The fourth-order valence-electron chi connectivity index (χ4n) is 2.89. The van der Waals surface area contributed by atoms with E-state index >= 15 is 0 Å². The second-order valence-corrected chi connectivity index (χ2v) is 5.49. The number of anilines is 2. The molecule has 1 aromatic heterocycles. The summed E-state index contributed by atoms with van der Waals surface area (Å²) >= 11 is 0. The van der Waals surface area contributed by atoms with Gasteiger partial charge in [-0.3, -0.25) is 0 Å². The van der Waals surface area contributed by atoms with Crippen molar-refractivity contribution in [1.29, 1.82) is 0 Å². The lowest BCUT2D eigenvalue weighted by atomic mass is 9.96. The van der Waals surface area contributed by atoms with Gasteiger partial charge in [-0.25, -0.2) is 0 Å². The van der Waals surface area contributed by atoms with Crippen LogP contribution < -0.4 is 15.4 Å². The summed E-state index contributed by atoms with van der Waals surface area (Å²) in [5.74, 6) is 1.12. The van der Waals surface area contributed by atoms with Crippen molar-refractivity contribution in [1.82, 2.24) is 15.0 Å². The molecule has 2 saturated heterocycles. The molecule has 2 aliphatic rings. The largest absolute Gasteiger partial charge is 0.464 e. The van der Waals surface area contributed by atoms with Crippen molar-refractivity contribution in [2.75, 3.05) is 23.8 Å². The summed E-state index contributed by atoms with van der Waals surface area (Å²) in [5, 5.41) is 6.56. The number of hydrogen-bond donors (Lipinski definition) is 2. The summed E-state index contributed by atoms with van der Waals surface area (Å²) < 4.78 is 11.3. The van der Waals surface area contributed by atoms with Crippen LogP contribution in [-0.4, -0.2) is 46.4 Å². The molecule has 3 unspecified atom stereocenters. The molecule has 1 aromatic rings. The van der Waals surface area contributed by atoms with Crippen molar-refractivity contribution < 1.29 is 9.47 Å². The minimum absolute atomic E-state index is 0.286. The Labute approximate surface area is 124 Å². The summed E-state index contributed by atoms with van der Waals surface area (Å²) in [6.07, 6.45) is 5.02. The first-order chi connectivity index (χ1) is 10.3. The fraction of sp³-hybridized carbons (Fsp3) is 0.786. The van der Waals surface area contributed by atoms with Crippen LogP contribution in [0.5, 0.6) is 6.01 Å². The van der Waals surface area contributed by atoms with Gasteiger partial charge >= 0.3 is 6.01 Å². The summed E-state index contributed by atoms with van der Waals surface area (Å²) in [4.78, 5) is 13.0. The Morgan fingerprint density at radius 3 is 2.71 bits per heavy atom. The van der Waals surface area contributed by atoms with E-state index in [1.807, 2.05) is 6.92 Å². The van der Waals surface area contributed by atoms with E-state index in [1.165, 1.54) is 6.42 Å². The molecule has 0 aromatic carbocycles. The Balaban J connectivity index is 1.71. The average molecular weight is 293 g/mol. The van der Waals surface area contributed by atoms with Gasteiger partial charge in [-0.1, -0.05) is 6.92 Å². The van der Waals surface area contributed by atoms with Crippen molar-refractivity contribution in [3.05, 3.63) is 0 Å². The Kier molecular flexibility index (Phi) is 4.38. The first-order valence-corrected chi connectivity index (χ1v) is 7.83. The maximum Gasteiger partial charge on any atom is 0.323 e. The second kappa shape index (κ2) is 6.43. The molecule has 0 saturated carbocycles. The molecule has 0 spiro atoms. The molecule has 2 aliphatic heterocycles. The highest BCUT2D eigenvalue weighted by Crippen LogP contribution is 2.35. The summed E-state index contributed by atoms with van der Waals surface area (Å²) in [5.41, 5.74) is 0. The third-order valence-electron chi connectivity index (χ3n) is 3.84. The number of aromatic nitrogens is 3. The van der Waals surface area contributed by atoms with E-state index in [-0.39, 0.29) is 6.10 Å². The Morgan fingerprint density at radius 2 is 2.05 bits per heavy atom. The maximum absolute atomic E-state index is 5.85. The SMILES string of the molecule is CCCNc1nc(NC2CC3CCC2O3)nc(OCC)n1. The molecule has 0 aliphatic carbocycles. The molecule has 3 heterocycles. The van der Waals surface area contributed by atoms with Gasteiger partial charge in [0.25, 0.3) is 0 Å². The van der Waals surface area contributed by atoms with Crippen molar-refractivity contribution >= 4 is 11.9 Å². The van der Waals surface area contributed by atoms with Crippen LogP contribution in [0.2, 0.25) is 0 Å². The van der Waals surface area contributed by atoms with E-state index in [1.54, 1.807) is 0 Å². The van der Waals surface area contributed by atoms with Gasteiger partial charge in [0.15, 0.2) is 0 Å². The van der Waals surface area contributed by atoms with Crippen LogP contribution in [0.15, 0.2) is 0 Å². The predicted octanol–water partition coefficient (Wildman–Crippen LogP) is 1.82. The molecule has 7 heteroatoms. The molecule has 0 radical (unpaired) electrons. The van der Waals surface area contributed by atoms with E-state index < -0.39 is 0 Å². The van der Waals surface area contributed by atoms with Gasteiger partial charge in [0, 0.05) is 6.54 Å². The van der Waals surface area contributed by atoms with Crippen molar-refractivity contribution in [2.24, 2.45) is 0 Å². The van der Waals surface area contributed by atoms with Crippen LogP contribution in [-0.2, 0) is 4.74 Å². The first-order valence-electron chi connectivity index (χ1n) is 7.83. The lowest BCUT2D eigenvalue weighted by Gasteiger charge is -2.20. The Hall–Kier alpha value is -1.63. The molecule has 3 rings (SSSR count). The lowest BCUT2D eigenvalue weighted by molar-refractivity contribution is 0.102. The van der Waals surface area contributed by atoms with Crippen molar-refractivity contribution in [2.45, 2.75) is 57.8 Å². The summed E-state index contributed by atoms with van der Waals surface area (Å²) in [6.45, 7) is 5.38. The minimum atomic E-state index is 0.286. The quantitative estimate of drug-likeness (QED) is 0.793. The average Bonchev–Trinajstić information content (AvgIpc) is 3.08. The first kappa shape index (κ1) is 14.3. The highest BCUT2D eigenvalue weighted by atomic mass is 16.5. The molecule has 2 fully saturated rings. The van der Waals surface area contributed by atoms with Crippen molar-refractivity contribution in [3.8, 4) is 6.01 Å². The third kappa shape index (κ3) is 3.34. The fourth-order valence-corrected chi connectivity index (χ4v) is 2.89. The number of nitrogens with zero attached hydrogens (tertiary/aromatic N) is 3.